The number of H-pyrrole nitrogens is 1. The summed E-state index contributed by atoms with van der Waals surface area (Å²) in [6, 6.07) is 15.9. The number of nitrogens with one attached hydrogen (secondary N) is 3. The third kappa shape index (κ3) is 6.01. The smallest absolute Gasteiger partial charge is 0.248 e. The highest BCUT2D eigenvalue weighted by Gasteiger charge is 2.18. The van der Waals surface area contributed by atoms with Crippen LogP contribution in [0.5, 0.6) is 0 Å². The number of hydrogen-bond donors (Lipinski definition) is 3. The summed E-state index contributed by atoms with van der Waals surface area (Å²) in [5.41, 5.74) is 4.18. The summed E-state index contributed by atoms with van der Waals surface area (Å²) in [4.78, 5) is 26.0. The lowest BCUT2D eigenvalue weighted by Crippen LogP contribution is -2.36. The van der Waals surface area contributed by atoms with E-state index in [2.05, 4.69) is 29.9 Å². The van der Waals surface area contributed by atoms with Crippen molar-refractivity contribution >= 4 is 44.2 Å². The fourth-order valence-electron chi connectivity index (χ4n) is 4.28. The van der Waals surface area contributed by atoms with E-state index in [1.165, 1.54) is 6.08 Å². The minimum Gasteiger partial charge on any atom is -0.378 e. The van der Waals surface area contributed by atoms with Crippen molar-refractivity contribution in [3.05, 3.63) is 78.6 Å². The first-order chi connectivity index (χ1) is 18.4. The van der Waals surface area contributed by atoms with Crippen molar-refractivity contribution in [3.63, 3.8) is 0 Å². The minimum atomic E-state index is -3.64. The molecule has 11 heteroatoms. The molecule has 0 unspecified atom stereocenters. The van der Waals surface area contributed by atoms with E-state index in [9.17, 15) is 13.2 Å². The van der Waals surface area contributed by atoms with Crippen molar-refractivity contribution in [2.75, 3.05) is 41.2 Å². The number of ether oxygens (including phenoxy) is 1. The summed E-state index contributed by atoms with van der Waals surface area (Å²) in [6.45, 7) is 4.64. The van der Waals surface area contributed by atoms with Gasteiger partial charge in [0.1, 0.15) is 17.8 Å². The number of aromatic amines is 1. The highest BCUT2D eigenvalue weighted by atomic mass is 32.2. The maximum Gasteiger partial charge on any atom is 0.248 e. The molecule has 0 saturated carbocycles. The number of rotatable bonds is 8. The molecule has 10 nitrogen and oxygen atoms in total. The SMILES string of the molecule is C/C=C/C(=O)Nc1ccc(CS(=O)(=O)Nc2ccc(-c3cc4c(N5CCOCC5)ncnc4[nH]3)cc2)cc1. The number of allylic oxidation sites excluding steroid dienone is 1. The van der Waals surface area contributed by atoms with E-state index >= 15 is 0 Å². The third-order valence-electron chi connectivity index (χ3n) is 6.08. The van der Waals surface area contributed by atoms with Gasteiger partial charge < -0.3 is 19.9 Å². The van der Waals surface area contributed by atoms with Gasteiger partial charge >= 0.3 is 0 Å². The van der Waals surface area contributed by atoms with Gasteiger partial charge in [0.2, 0.25) is 15.9 Å². The van der Waals surface area contributed by atoms with Gasteiger partial charge in [-0.15, -0.1) is 0 Å². The fraction of sp³-hybridized carbons (Fsp3) is 0.222. The number of sulfonamides is 1. The molecule has 1 aliphatic rings. The summed E-state index contributed by atoms with van der Waals surface area (Å²) in [5.74, 6) is 0.442. The highest BCUT2D eigenvalue weighted by molar-refractivity contribution is 7.91. The maximum absolute atomic E-state index is 12.8. The number of nitrogens with zero attached hydrogens (tertiary/aromatic N) is 3. The molecular formula is C27H28N6O4S. The number of carbonyl (C=O) groups is 1. The van der Waals surface area contributed by atoms with E-state index in [-0.39, 0.29) is 11.7 Å². The maximum atomic E-state index is 12.8. The van der Waals surface area contributed by atoms with Crippen molar-refractivity contribution in [2.45, 2.75) is 12.7 Å². The number of anilines is 3. The Balaban J connectivity index is 1.26. The molecule has 1 saturated heterocycles. The molecule has 2 aromatic heterocycles. The number of aromatic nitrogens is 3. The molecule has 0 spiro atoms. The first-order valence-electron chi connectivity index (χ1n) is 12.2. The second-order valence-corrected chi connectivity index (χ2v) is 10.6. The largest absolute Gasteiger partial charge is 0.378 e. The van der Waals surface area contributed by atoms with Crippen LogP contribution in [0.15, 0.2) is 73.1 Å². The Bertz CT molecular complexity index is 1560. The van der Waals surface area contributed by atoms with Crippen molar-refractivity contribution < 1.29 is 17.9 Å². The van der Waals surface area contributed by atoms with Crippen LogP contribution in [0.4, 0.5) is 17.2 Å². The summed E-state index contributed by atoms with van der Waals surface area (Å²) < 4.78 is 33.6. The molecule has 0 atom stereocenters. The monoisotopic (exact) mass is 532 g/mol. The molecule has 5 rings (SSSR count). The van der Waals surface area contributed by atoms with Crippen LogP contribution in [0.3, 0.4) is 0 Å². The second kappa shape index (κ2) is 11.0. The Morgan fingerprint density at radius 1 is 1.05 bits per heavy atom. The van der Waals surface area contributed by atoms with Gasteiger partial charge in [-0.3, -0.25) is 9.52 Å². The molecule has 3 heterocycles. The lowest BCUT2D eigenvalue weighted by molar-refractivity contribution is -0.111. The predicted molar refractivity (Wildman–Crippen MR) is 148 cm³/mol. The van der Waals surface area contributed by atoms with Gasteiger partial charge in [0.05, 0.1) is 24.4 Å². The van der Waals surface area contributed by atoms with Crippen LogP contribution < -0.4 is 14.9 Å². The van der Waals surface area contributed by atoms with Gasteiger partial charge in [0, 0.05) is 30.2 Å². The van der Waals surface area contributed by atoms with E-state index in [1.54, 1.807) is 55.7 Å². The van der Waals surface area contributed by atoms with Gasteiger partial charge in [-0.05, 0) is 54.5 Å². The van der Waals surface area contributed by atoms with Crippen LogP contribution in [0.1, 0.15) is 12.5 Å². The lowest BCUT2D eigenvalue weighted by Gasteiger charge is -2.27. The molecule has 0 bridgehead atoms. The highest BCUT2D eigenvalue weighted by Crippen LogP contribution is 2.30. The molecule has 0 aliphatic carbocycles. The van der Waals surface area contributed by atoms with Crippen molar-refractivity contribution in [1.82, 2.24) is 15.0 Å². The Morgan fingerprint density at radius 2 is 1.76 bits per heavy atom. The Labute approximate surface area is 220 Å². The predicted octanol–water partition coefficient (Wildman–Crippen LogP) is 3.92. The normalized spacial score (nSPS) is 14.2. The van der Waals surface area contributed by atoms with Gasteiger partial charge in [-0.25, -0.2) is 18.4 Å². The first-order valence-corrected chi connectivity index (χ1v) is 13.9. The number of amides is 1. The van der Waals surface area contributed by atoms with E-state index in [0.29, 0.717) is 30.2 Å². The standard InChI is InChI=1S/C27H28N6O4S/c1-2-3-25(34)30-21-8-4-19(5-9-21)17-38(35,36)32-22-10-6-20(7-11-22)24-16-23-26(31-24)28-18-29-27(23)33-12-14-37-15-13-33/h2-11,16,18,32H,12-15,17H2,1H3,(H,30,34)(H,28,29,31)/b3-2+. The zero-order valence-electron chi connectivity index (χ0n) is 20.8. The summed E-state index contributed by atoms with van der Waals surface area (Å²) in [5, 5.41) is 3.64. The molecule has 2 aromatic carbocycles. The van der Waals surface area contributed by atoms with E-state index in [4.69, 9.17) is 4.74 Å². The van der Waals surface area contributed by atoms with Gasteiger partial charge in [-0.2, -0.15) is 0 Å². The molecule has 1 aliphatic heterocycles. The van der Waals surface area contributed by atoms with Gasteiger partial charge in [-0.1, -0.05) is 30.3 Å². The molecule has 1 fully saturated rings. The van der Waals surface area contributed by atoms with Gasteiger partial charge in [0.25, 0.3) is 0 Å². The van der Waals surface area contributed by atoms with Crippen LogP contribution in [-0.2, 0) is 25.3 Å². The first kappa shape index (κ1) is 25.4. The Morgan fingerprint density at radius 3 is 2.47 bits per heavy atom. The molecule has 4 aromatic rings. The summed E-state index contributed by atoms with van der Waals surface area (Å²) in [7, 11) is -3.64. The van der Waals surface area contributed by atoms with Gasteiger partial charge in [0.15, 0.2) is 0 Å². The average Bonchev–Trinajstić information content (AvgIpc) is 3.35. The molecule has 1 amide bonds. The Kier molecular flexibility index (Phi) is 7.38. The van der Waals surface area contributed by atoms with Crippen molar-refractivity contribution in [1.29, 1.82) is 0 Å². The molecule has 196 valence electrons. The van der Waals surface area contributed by atoms with Crippen LogP contribution in [-0.4, -0.2) is 55.6 Å². The summed E-state index contributed by atoms with van der Waals surface area (Å²) in [6.07, 6.45) is 4.62. The Hall–Kier alpha value is -4.22. The molecule has 0 radical (unpaired) electrons. The third-order valence-corrected chi connectivity index (χ3v) is 7.34. The number of hydrogen-bond acceptors (Lipinski definition) is 7. The van der Waals surface area contributed by atoms with E-state index in [0.717, 1.165) is 41.2 Å². The zero-order valence-corrected chi connectivity index (χ0v) is 21.7. The molecule has 3 N–H and O–H groups in total. The average molecular weight is 533 g/mol. The number of benzene rings is 2. The van der Waals surface area contributed by atoms with Crippen LogP contribution >= 0.6 is 0 Å². The molecule has 38 heavy (non-hydrogen) atoms. The number of fused-ring (bicyclic) bond motifs is 1. The quantitative estimate of drug-likeness (QED) is 0.293. The minimum absolute atomic E-state index is 0.192. The zero-order chi connectivity index (χ0) is 26.5. The van der Waals surface area contributed by atoms with Crippen molar-refractivity contribution in [2.24, 2.45) is 0 Å². The number of carbonyl (C=O) groups excluding carboxylic acids is 1. The lowest BCUT2D eigenvalue weighted by atomic mass is 10.1. The summed E-state index contributed by atoms with van der Waals surface area (Å²) >= 11 is 0. The van der Waals surface area contributed by atoms with Crippen LogP contribution in [0.25, 0.3) is 22.3 Å². The van der Waals surface area contributed by atoms with E-state index < -0.39 is 10.0 Å². The topological polar surface area (TPSA) is 129 Å². The van der Waals surface area contributed by atoms with Crippen LogP contribution in [0.2, 0.25) is 0 Å². The fourth-order valence-corrected chi connectivity index (χ4v) is 5.48. The number of morpholine rings is 1. The molecular weight excluding hydrogens is 504 g/mol. The van der Waals surface area contributed by atoms with E-state index in [1.807, 2.05) is 18.2 Å². The second-order valence-electron chi connectivity index (χ2n) is 8.87. The van der Waals surface area contributed by atoms with Crippen molar-refractivity contribution in [3.8, 4) is 11.3 Å². The van der Waals surface area contributed by atoms with Crippen LogP contribution in [0, 0.1) is 0 Å².